The highest BCUT2D eigenvalue weighted by atomic mass is 16.2. The molecule has 96 valence electrons. The molecule has 1 heterocycles. The molecule has 0 fully saturated rings. The van der Waals surface area contributed by atoms with E-state index in [9.17, 15) is 9.59 Å². The third-order valence-electron chi connectivity index (χ3n) is 2.88. The molecule has 1 aliphatic rings. The van der Waals surface area contributed by atoms with Crippen molar-refractivity contribution >= 4 is 11.8 Å². The van der Waals surface area contributed by atoms with E-state index in [1.54, 1.807) is 6.08 Å². The van der Waals surface area contributed by atoms with E-state index in [1.807, 2.05) is 13.8 Å². The van der Waals surface area contributed by atoms with Gasteiger partial charge in [-0.15, -0.1) is 0 Å². The molecule has 0 saturated carbocycles. The number of carbonyl (C=O) groups is 2. The van der Waals surface area contributed by atoms with E-state index >= 15 is 0 Å². The molecule has 0 aliphatic carbocycles. The van der Waals surface area contributed by atoms with Gasteiger partial charge < -0.3 is 10.6 Å². The van der Waals surface area contributed by atoms with Crippen LogP contribution in [0.1, 0.15) is 39.5 Å². The Morgan fingerprint density at radius 3 is 2.71 bits per heavy atom. The summed E-state index contributed by atoms with van der Waals surface area (Å²) in [5.74, 6) is 0.283. The first kappa shape index (κ1) is 13.7. The topological polar surface area (TPSA) is 58.2 Å². The minimum Gasteiger partial charge on any atom is -0.353 e. The van der Waals surface area contributed by atoms with Crippen LogP contribution in [-0.2, 0) is 9.59 Å². The fourth-order valence-corrected chi connectivity index (χ4v) is 1.74. The monoisotopic (exact) mass is 238 g/mol. The van der Waals surface area contributed by atoms with Gasteiger partial charge in [-0.1, -0.05) is 26.3 Å². The molecule has 0 aromatic carbocycles. The second-order valence-corrected chi connectivity index (χ2v) is 4.80. The van der Waals surface area contributed by atoms with Crippen LogP contribution in [0.3, 0.4) is 0 Å². The van der Waals surface area contributed by atoms with Crippen molar-refractivity contribution in [3.63, 3.8) is 0 Å². The lowest BCUT2D eigenvalue weighted by molar-refractivity contribution is -0.122. The van der Waals surface area contributed by atoms with Gasteiger partial charge in [0, 0.05) is 25.1 Å². The van der Waals surface area contributed by atoms with Crippen molar-refractivity contribution in [1.82, 2.24) is 10.6 Å². The van der Waals surface area contributed by atoms with Crippen molar-refractivity contribution in [1.29, 1.82) is 0 Å². The average molecular weight is 238 g/mol. The third kappa shape index (κ3) is 5.52. The Bertz CT molecular complexity index is 298. The van der Waals surface area contributed by atoms with Gasteiger partial charge in [0.05, 0.1) is 0 Å². The molecular formula is C13H22N2O2. The summed E-state index contributed by atoms with van der Waals surface area (Å²) in [6.07, 6.45) is 6.66. The van der Waals surface area contributed by atoms with Crippen LogP contribution in [0.15, 0.2) is 12.2 Å². The van der Waals surface area contributed by atoms with Gasteiger partial charge in [0.1, 0.15) is 0 Å². The second-order valence-electron chi connectivity index (χ2n) is 4.80. The predicted molar refractivity (Wildman–Crippen MR) is 67.4 cm³/mol. The molecule has 0 unspecified atom stereocenters. The molecule has 0 aromatic heterocycles. The van der Waals surface area contributed by atoms with Crippen LogP contribution in [0.25, 0.3) is 0 Å². The number of amides is 2. The lowest BCUT2D eigenvalue weighted by Crippen LogP contribution is -2.37. The highest BCUT2D eigenvalue weighted by molar-refractivity contribution is 5.87. The summed E-state index contributed by atoms with van der Waals surface area (Å²) in [5.41, 5.74) is 0. The Hall–Kier alpha value is -1.32. The molecule has 1 rings (SSSR count). The molecular weight excluding hydrogens is 216 g/mol. The van der Waals surface area contributed by atoms with E-state index in [0.717, 1.165) is 19.3 Å². The smallest absolute Gasteiger partial charge is 0.243 e. The SMILES string of the molecule is CC(C)[C@H]1/C=C/C(=O)NCCCCCC(=O)N1. The zero-order chi connectivity index (χ0) is 12.7. The van der Waals surface area contributed by atoms with Gasteiger partial charge in [0.25, 0.3) is 0 Å². The molecule has 2 amide bonds. The van der Waals surface area contributed by atoms with Gasteiger partial charge in [-0.05, 0) is 18.8 Å². The molecule has 4 heteroatoms. The van der Waals surface area contributed by atoms with E-state index in [2.05, 4.69) is 10.6 Å². The maximum absolute atomic E-state index is 11.6. The molecule has 0 bridgehead atoms. The van der Waals surface area contributed by atoms with Crippen LogP contribution in [-0.4, -0.2) is 24.4 Å². The number of carbonyl (C=O) groups excluding carboxylic acids is 2. The molecule has 17 heavy (non-hydrogen) atoms. The summed E-state index contributed by atoms with van der Waals surface area (Å²) >= 11 is 0. The summed E-state index contributed by atoms with van der Waals surface area (Å²) in [7, 11) is 0. The maximum atomic E-state index is 11.6. The highest BCUT2D eigenvalue weighted by Crippen LogP contribution is 2.06. The van der Waals surface area contributed by atoms with Crippen LogP contribution >= 0.6 is 0 Å². The Labute approximate surface area is 103 Å². The maximum Gasteiger partial charge on any atom is 0.243 e. The molecule has 1 atom stereocenters. The minimum absolute atomic E-state index is 0.0623. The lowest BCUT2D eigenvalue weighted by atomic mass is 10.0. The summed E-state index contributed by atoms with van der Waals surface area (Å²) in [5, 5.41) is 5.78. The number of hydrogen-bond acceptors (Lipinski definition) is 2. The fourth-order valence-electron chi connectivity index (χ4n) is 1.74. The summed E-state index contributed by atoms with van der Waals surface area (Å²) in [6, 6.07) is -0.0623. The molecule has 2 N–H and O–H groups in total. The van der Waals surface area contributed by atoms with Crippen LogP contribution in [0.4, 0.5) is 0 Å². The van der Waals surface area contributed by atoms with Gasteiger partial charge >= 0.3 is 0 Å². The van der Waals surface area contributed by atoms with Crippen molar-refractivity contribution in [2.45, 2.75) is 45.6 Å². The molecule has 1 aliphatic heterocycles. The van der Waals surface area contributed by atoms with Crippen molar-refractivity contribution in [2.75, 3.05) is 6.54 Å². The van der Waals surface area contributed by atoms with Gasteiger partial charge in [-0.3, -0.25) is 9.59 Å². The third-order valence-corrected chi connectivity index (χ3v) is 2.88. The van der Waals surface area contributed by atoms with Gasteiger partial charge in [-0.25, -0.2) is 0 Å². The Morgan fingerprint density at radius 2 is 2.00 bits per heavy atom. The van der Waals surface area contributed by atoms with Crippen LogP contribution < -0.4 is 10.6 Å². The molecule has 0 saturated heterocycles. The van der Waals surface area contributed by atoms with Crippen molar-refractivity contribution in [2.24, 2.45) is 5.92 Å². The zero-order valence-corrected chi connectivity index (χ0v) is 10.7. The van der Waals surface area contributed by atoms with Crippen LogP contribution in [0, 0.1) is 5.92 Å². The number of nitrogens with one attached hydrogen (secondary N) is 2. The van der Waals surface area contributed by atoms with Crippen molar-refractivity contribution < 1.29 is 9.59 Å². The highest BCUT2D eigenvalue weighted by Gasteiger charge is 2.13. The van der Waals surface area contributed by atoms with Gasteiger partial charge in [0.2, 0.25) is 11.8 Å². The zero-order valence-electron chi connectivity index (χ0n) is 10.7. The first-order valence-electron chi connectivity index (χ1n) is 6.35. The number of hydrogen-bond donors (Lipinski definition) is 2. The summed E-state index contributed by atoms with van der Waals surface area (Å²) in [6.45, 7) is 4.75. The Balaban J connectivity index is 2.66. The first-order chi connectivity index (χ1) is 8.09. The number of rotatable bonds is 1. The van der Waals surface area contributed by atoms with Crippen molar-refractivity contribution in [3.05, 3.63) is 12.2 Å². The van der Waals surface area contributed by atoms with Gasteiger partial charge in [-0.2, -0.15) is 0 Å². The van der Waals surface area contributed by atoms with E-state index in [1.165, 1.54) is 6.08 Å². The standard InChI is InChI=1S/C13H22N2O2/c1-10(2)11-7-8-12(16)14-9-5-3-4-6-13(17)15-11/h7-8,10-11H,3-6,9H2,1-2H3,(H,14,16)(H,15,17)/b8-7+/t11-/m1/s1. The fraction of sp³-hybridized carbons (Fsp3) is 0.692. The molecule has 0 spiro atoms. The largest absolute Gasteiger partial charge is 0.353 e. The van der Waals surface area contributed by atoms with E-state index < -0.39 is 0 Å². The minimum atomic E-state index is -0.0783. The Morgan fingerprint density at radius 1 is 1.24 bits per heavy atom. The molecule has 0 radical (unpaired) electrons. The van der Waals surface area contributed by atoms with Crippen molar-refractivity contribution in [3.8, 4) is 0 Å². The van der Waals surface area contributed by atoms with Crippen LogP contribution in [0.5, 0.6) is 0 Å². The van der Waals surface area contributed by atoms with Gasteiger partial charge in [0.15, 0.2) is 0 Å². The summed E-state index contributed by atoms with van der Waals surface area (Å²) < 4.78 is 0. The first-order valence-corrected chi connectivity index (χ1v) is 6.35. The summed E-state index contributed by atoms with van der Waals surface area (Å²) in [4.78, 5) is 23.1. The molecule has 4 nitrogen and oxygen atoms in total. The van der Waals surface area contributed by atoms with E-state index in [0.29, 0.717) is 13.0 Å². The van der Waals surface area contributed by atoms with E-state index in [-0.39, 0.29) is 23.8 Å². The normalized spacial score (nSPS) is 25.5. The quantitative estimate of drug-likeness (QED) is 0.725. The average Bonchev–Trinajstić information content (AvgIpc) is 2.26. The lowest BCUT2D eigenvalue weighted by Gasteiger charge is -2.19. The van der Waals surface area contributed by atoms with Crippen LogP contribution in [0.2, 0.25) is 0 Å². The van der Waals surface area contributed by atoms with E-state index in [4.69, 9.17) is 0 Å². The second kappa shape index (κ2) is 7.09. The predicted octanol–water partition coefficient (Wildman–Crippen LogP) is 1.37. The Kier molecular flexibility index (Phi) is 5.73. The molecule has 0 aromatic rings.